The van der Waals surface area contributed by atoms with Gasteiger partial charge in [-0.2, -0.15) is 0 Å². The highest BCUT2D eigenvalue weighted by molar-refractivity contribution is 14.0. The first kappa shape index (κ1) is 22.8. The van der Waals surface area contributed by atoms with E-state index >= 15 is 0 Å². The predicted octanol–water partition coefficient (Wildman–Crippen LogP) is 2.85. The van der Waals surface area contributed by atoms with Gasteiger partial charge in [-0.05, 0) is 36.2 Å². The zero-order valence-electron chi connectivity index (χ0n) is 16.1. The number of amides is 1. The number of aliphatic imine (C=N–C) groups is 1. The minimum absolute atomic E-state index is 0. The smallest absolute Gasteiger partial charge is 0.251 e. The van der Waals surface area contributed by atoms with Crippen molar-refractivity contribution in [1.82, 2.24) is 16.0 Å². The standard InChI is InChI=1S/C20H26N4O2.HI/c1-14-8-9-17(18(10-14)26-4)13-24-20(22-3)23-12-15-6-5-7-16(11-15)19(25)21-2;/h5-11H,12-13H2,1-4H3,(H,21,25)(H2,22,23,24);1H. The molecule has 0 heterocycles. The number of ether oxygens (including phenoxy) is 1. The molecule has 0 spiro atoms. The van der Waals surface area contributed by atoms with Crippen LogP contribution in [-0.2, 0) is 13.1 Å². The molecule has 0 aromatic heterocycles. The van der Waals surface area contributed by atoms with E-state index in [9.17, 15) is 4.79 Å². The SMILES string of the molecule is CN=C(NCc1cccc(C(=O)NC)c1)NCc1ccc(C)cc1OC.I. The normalized spacial score (nSPS) is 10.6. The summed E-state index contributed by atoms with van der Waals surface area (Å²) in [5.41, 5.74) is 3.85. The van der Waals surface area contributed by atoms with Gasteiger partial charge in [-0.1, -0.05) is 24.3 Å². The van der Waals surface area contributed by atoms with Gasteiger partial charge in [-0.25, -0.2) is 0 Å². The van der Waals surface area contributed by atoms with Gasteiger partial charge in [-0.3, -0.25) is 9.79 Å². The summed E-state index contributed by atoms with van der Waals surface area (Å²) in [5.74, 6) is 1.44. The molecule has 0 aliphatic heterocycles. The minimum atomic E-state index is -0.0965. The van der Waals surface area contributed by atoms with Crippen LogP contribution in [0.2, 0.25) is 0 Å². The first-order valence-electron chi connectivity index (χ1n) is 8.46. The van der Waals surface area contributed by atoms with Gasteiger partial charge in [0, 0.05) is 38.3 Å². The molecule has 0 atom stereocenters. The second-order valence-corrected chi connectivity index (χ2v) is 5.87. The number of halogens is 1. The third-order valence-electron chi connectivity index (χ3n) is 3.99. The zero-order valence-corrected chi connectivity index (χ0v) is 18.5. The molecule has 2 aromatic rings. The van der Waals surface area contributed by atoms with Crippen molar-refractivity contribution in [3.63, 3.8) is 0 Å². The van der Waals surface area contributed by atoms with Gasteiger partial charge in [0.25, 0.3) is 5.91 Å². The van der Waals surface area contributed by atoms with Crippen LogP contribution in [0.25, 0.3) is 0 Å². The molecule has 0 aliphatic carbocycles. The first-order chi connectivity index (χ1) is 12.6. The molecule has 7 heteroatoms. The fraction of sp³-hybridized carbons (Fsp3) is 0.300. The Kier molecular flexibility index (Phi) is 9.63. The third kappa shape index (κ3) is 6.74. The Morgan fingerprint density at radius 1 is 1.11 bits per heavy atom. The fourth-order valence-electron chi connectivity index (χ4n) is 2.55. The minimum Gasteiger partial charge on any atom is -0.496 e. The molecule has 0 fully saturated rings. The maximum atomic E-state index is 11.7. The predicted molar refractivity (Wildman–Crippen MR) is 120 cm³/mol. The van der Waals surface area contributed by atoms with Crippen LogP contribution in [0.15, 0.2) is 47.5 Å². The summed E-state index contributed by atoms with van der Waals surface area (Å²) < 4.78 is 5.43. The molecule has 2 aromatic carbocycles. The number of nitrogens with zero attached hydrogens (tertiary/aromatic N) is 1. The van der Waals surface area contributed by atoms with E-state index < -0.39 is 0 Å². The number of guanidine groups is 1. The largest absolute Gasteiger partial charge is 0.496 e. The maximum absolute atomic E-state index is 11.7. The highest BCUT2D eigenvalue weighted by Gasteiger charge is 2.06. The Hall–Kier alpha value is -2.29. The molecule has 0 saturated carbocycles. The number of benzene rings is 2. The number of hydrogen-bond acceptors (Lipinski definition) is 3. The maximum Gasteiger partial charge on any atom is 0.251 e. The van der Waals surface area contributed by atoms with Crippen LogP contribution >= 0.6 is 24.0 Å². The summed E-state index contributed by atoms with van der Waals surface area (Å²) in [6, 6.07) is 13.6. The molecular formula is C20H27IN4O2. The summed E-state index contributed by atoms with van der Waals surface area (Å²) in [6.45, 7) is 3.20. The summed E-state index contributed by atoms with van der Waals surface area (Å²) in [6.07, 6.45) is 0. The zero-order chi connectivity index (χ0) is 18.9. The van der Waals surface area contributed by atoms with Gasteiger partial charge in [-0.15, -0.1) is 24.0 Å². The van der Waals surface area contributed by atoms with Crippen LogP contribution in [0.5, 0.6) is 5.75 Å². The van der Waals surface area contributed by atoms with E-state index in [0.29, 0.717) is 24.6 Å². The van der Waals surface area contributed by atoms with E-state index in [0.717, 1.165) is 22.4 Å². The fourth-order valence-corrected chi connectivity index (χ4v) is 2.55. The number of rotatable bonds is 6. The number of hydrogen-bond donors (Lipinski definition) is 3. The van der Waals surface area contributed by atoms with Gasteiger partial charge >= 0.3 is 0 Å². The second kappa shape index (κ2) is 11.4. The van der Waals surface area contributed by atoms with Crippen LogP contribution in [0.3, 0.4) is 0 Å². The van der Waals surface area contributed by atoms with Crippen LogP contribution in [0.1, 0.15) is 27.0 Å². The molecule has 27 heavy (non-hydrogen) atoms. The van der Waals surface area contributed by atoms with Gasteiger partial charge < -0.3 is 20.7 Å². The number of methoxy groups -OCH3 is 1. The van der Waals surface area contributed by atoms with Crippen molar-refractivity contribution in [3.8, 4) is 5.75 Å². The summed E-state index contributed by atoms with van der Waals surface area (Å²) in [5, 5.41) is 9.16. The van der Waals surface area contributed by atoms with Crippen LogP contribution < -0.4 is 20.7 Å². The monoisotopic (exact) mass is 482 g/mol. The molecule has 2 rings (SSSR count). The topological polar surface area (TPSA) is 74.8 Å². The highest BCUT2D eigenvalue weighted by Crippen LogP contribution is 2.19. The van der Waals surface area contributed by atoms with Crippen molar-refractivity contribution in [2.24, 2.45) is 4.99 Å². The Morgan fingerprint density at radius 3 is 2.52 bits per heavy atom. The molecule has 3 N–H and O–H groups in total. The molecule has 0 bridgehead atoms. The number of aryl methyl sites for hydroxylation is 1. The van der Waals surface area contributed by atoms with E-state index in [1.807, 2.05) is 37.3 Å². The van der Waals surface area contributed by atoms with E-state index in [4.69, 9.17) is 4.74 Å². The third-order valence-corrected chi connectivity index (χ3v) is 3.99. The average molecular weight is 482 g/mol. The van der Waals surface area contributed by atoms with Crippen molar-refractivity contribution >= 4 is 35.8 Å². The Labute approximate surface area is 177 Å². The summed E-state index contributed by atoms with van der Waals surface area (Å²) in [4.78, 5) is 16.0. The van der Waals surface area contributed by atoms with Gasteiger partial charge in [0.05, 0.1) is 7.11 Å². The lowest BCUT2D eigenvalue weighted by atomic mass is 10.1. The lowest BCUT2D eigenvalue weighted by Crippen LogP contribution is -2.36. The molecule has 0 unspecified atom stereocenters. The quantitative estimate of drug-likeness (QED) is 0.337. The summed E-state index contributed by atoms with van der Waals surface area (Å²) in [7, 11) is 5.02. The number of carbonyl (C=O) groups excluding carboxylic acids is 1. The van der Waals surface area contributed by atoms with Crippen molar-refractivity contribution in [3.05, 3.63) is 64.7 Å². The Bertz CT molecular complexity index is 793. The first-order valence-corrected chi connectivity index (χ1v) is 8.46. The number of carbonyl (C=O) groups is 1. The Balaban J connectivity index is 0.00000364. The van der Waals surface area contributed by atoms with Crippen LogP contribution in [0, 0.1) is 6.92 Å². The lowest BCUT2D eigenvalue weighted by molar-refractivity contribution is 0.0963. The average Bonchev–Trinajstić information content (AvgIpc) is 2.68. The van der Waals surface area contributed by atoms with Crippen molar-refractivity contribution in [2.45, 2.75) is 20.0 Å². The molecule has 146 valence electrons. The van der Waals surface area contributed by atoms with Crippen molar-refractivity contribution < 1.29 is 9.53 Å². The van der Waals surface area contributed by atoms with E-state index in [-0.39, 0.29) is 29.9 Å². The van der Waals surface area contributed by atoms with Crippen LogP contribution in [-0.4, -0.2) is 33.1 Å². The van der Waals surface area contributed by atoms with Gasteiger partial charge in [0.1, 0.15) is 5.75 Å². The van der Waals surface area contributed by atoms with E-state index in [2.05, 4.69) is 27.0 Å². The van der Waals surface area contributed by atoms with Crippen molar-refractivity contribution in [1.29, 1.82) is 0 Å². The molecule has 0 radical (unpaired) electrons. The second-order valence-electron chi connectivity index (χ2n) is 5.87. The van der Waals surface area contributed by atoms with Gasteiger partial charge in [0.2, 0.25) is 0 Å². The van der Waals surface area contributed by atoms with Crippen LogP contribution in [0.4, 0.5) is 0 Å². The summed E-state index contributed by atoms with van der Waals surface area (Å²) >= 11 is 0. The molecule has 0 aliphatic rings. The number of nitrogens with one attached hydrogen (secondary N) is 3. The van der Waals surface area contributed by atoms with Gasteiger partial charge in [0.15, 0.2) is 5.96 Å². The molecule has 6 nitrogen and oxygen atoms in total. The van der Waals surface area contributed by atoms with E-state index in [1.165, 1.54) is 0 Å². The Morgan fingerprint density at radius 2 is 1.85 bits per heavy atom. The van der Waals surface area contributed by atoms with E-state index in [1.54, 1.807) is 27.3 Å². The molecule has 0 saturated heterocycles. The lowest BCUT2D eigenvalue weighted by Gasteiger charge is -2.14. The molecular weight excluding hydrogens is 455 g/mol. The van der Waals surface area contributed by atoms with Crippen molar-refractivity contribution in [2.75, 3.05) is 21.2 Å². The highest BCUT2D eigenvalue weighted by atomic mass is 127. The molecule has 1 amide bonds.